The minimum Gasteiger partial charge on any atom is -0.339 e. The van der Waals surface area contributed by atoms with Crippen molar-refractivity contribution in [3.63, 3.8) is 0 Å². The maximum absolute atomic E-state index is 13.2. The number of amides is 1. The molecule has 1 saturated carbocycles. The van der Waals surface area contributed by atoms with Gasteiger partial charge in [0, 0.05) is 30.7 Å². The highest BCUT2D eigenvalue weighted by molar-refractivity contribution is 7.89. The number of alkyl halides is 3. The highest BCUT2D eigenvalue weighted by Gasteiger charge is 2.43. The molecule has 1 aliphatic heterocycles. The number of benzene rings is 2. The topological polar surface area (TPSA) is 57.7 Å². The van der Waals surface area contributed by atoms with Gasteiger partial charge in [-0.3, -0.25) is 4.79 Å². The summed E-state index contributed by atoms with van der Waals surface area (Å²) in [7, 11) is -3.62. The Bertz CT molecular complexity index is 1030. The number of hydrogen-bond acceptors (Lipinski definition) is 3. The molecule has 0 atom stereocenters. The van der Waals surface area contributed by atoms with Crippen LogP contribution in [0.25, 0.3) is 0 Å². The summed E-state index contributed by atoms with van der Waals surface area (Å²) < 4.78 is 66.2. The first kappa shape index (κ1) is 21.8. The van der Waals surface area contributed by atoms with Crippen LogP contribution in [0.1, 0.15) is 41.6 Å². The Balaban J connectivity index is 1.44. The standard InChI is InChI=1S/C22H23F3N2O3S/c23-22(24,25)17-8-6-16(7-9-17)21(28)26-14-12-19(13-15-26)27(18-10-11-18)31(29,30)20-4-2-1-3-5-20/h1-9,18-19H,10-15H2. The molecule has 1 heterocycles. The van der Waals surface area contributed by atoms with E-state index in [-0.39, 0.29) is 28.4 Å². The van der Waals surface area contributed by atoms with Crippen LogP contribution in [0.3, 0.4) is 0 Å². The second-order valence-electron chi connectivity index (χ2n) is 7.98. The van der Waals surface area contributed by atoms with Crippen molar-refractivity contribution in [2.24, 2.45) is 0 Å². The zero-order chi connectivity index (χ0) is 22.2. The first-order valence-corrected chi connectivity index (χ1v) is 11.7. The molecule has 0 aromatic heterocycles. The van der Waals surface area contributed by atoms with Crippen LogP contribution in [0.15, 0.2) is 59.5 Å². The fourth-order valence-electron chi connectivity index (χ4n) is 4.04. The zero-order valence-corrected chi connectivity index (χ0v) is 17.6. The summed E-state index contributed by atoms with van der Waals surface area (Å²) in [4.78, 5) is 14.6. The van der Waals surface area contributed by atoms with Gasteiger partial charge in [0.05, 0.1) is 10.5 Å². The van der Waals surface area contributed by atoms with Crippen LogP contribution in [-0.4, -0.2) is 48.7 Å². The van der Waals surface area contributed by atoms with E-state index in [1.54, 1.807) is 39.5 Å². The molecule has 5 nitrogen and oxygen atoms in total. The molecular formula is C22H23F3N2O3S. The molecule has 9 heteroatoms. The number of sulfonamides is 1. The van der Waals surface area contributed by atoms with Crippen LogP contribution in [-0.2, 0) is 16.2 Å². The molecule has 31 heavy (non-hydrogen) atoms. The molecule has 2 aromatic carbocycles. The lowest BCUT2D eigenvalue weighted by Gasteiger charge is -2.38. The lowest BCUT2D eigenvalue weighted by atomic mass is 10.0. The van der Waals surface area contributed by atoms with Crippen LogP contribution in [0.2, 0.25) is 0 Å². The Labute approximate surface area is 179 Å². The van der Waals surface area contributed by atoms with Crippen LogP contribution >= 0.6 is 0 Å². The fourth-order valence-corrected chi connectivity index (χ4v) is 5.99. The highest BCUT2D eigenvalue weighted by atomic mass is 32.2. The molecule has 2 aliphatic rings. The van der Waals surface area contributed by atoms with Crippen molar-refractivity contribution in [1.29, 1.82) is 0 Å². The van der Waals surface area contributed by atoms with E-state index >= 15 is 0 Å². The minimum atomic E-state index is -4.45. The van der Waals surface area contributed by atoms with Gasteiger partial charge < -0.3 is 4.90 Å². The third-order valence-corrected chi connectivity index (χ3v) is 7.82. The third-order valence-electron chi connectivity index (χ3n) is 5.80. The minimum absolute atomic E-state index is 0.00706. The van der Waals surface area contributed by atoms with Gasteiger partial charge in [-0.25, -0.2) is 8.42 Å². The van der Waals surface area contributed by atoms with Crippen molar-refractivity contribution in [2.45, 2.75) is 48.8 Å². The van der Waals surface area contributed by atoms with Gasteiger partial charge >= 0.3 is 6.18 Å². The molecule has 2 aromatic rings. The molecule has 4 rings (SSSR count). The quantitative estimate of drug-likeness (QED) is 0.685. The van der Waals surface area contributed by atoms with E-state index in [4.69, 9.17) is 0 Å². The van der Waals surface area contributed by atoms with Gasteiger partial charge in [-0.1, -0.05) is 18.2 Å². The molecule has 0 bridgehead atoms. The van der Waals surface area contributed by atoms with Crippen molar-refractivity contribution in [1.82, 2.24) is 9.21 Å². The molecule has 1 aliphatic carbocycles. The number of carbonyl (C=O) groups is 1. The van der Waals surface area contributed by atoms with Gasteiger partial charge in [-0.05, 0) is 62.1 Å². The summed E-state index contributed by atoms with van der Waals surface area (Å²) in [5.74, 6) is -0.337. The molecule has 0 unspecified atom stereocenters. The molecule has 2 fully saturated rings. The highest BCUT2D eigenvalue weighted by Crippen LogP contribution is 2.37. The van der Waals surface area contributed by atoms with Gasteiger partial charge in [0.2, 0.25) is 10.0 Å². The van der Waals surface area contributed by atoms with Gasteiger partial charge in [-0.2, -0.15) is 17.5 Å². The number of likely N-dealkylation sites (tertiary alicyclic amines) is 1. The van der Waals surface area contributed by atoms with E-state index in [2.05, 4.69) is 0 Å². The number of carbonyl (C=O) groups excluding carboxylic acids is 1. The second kappa shape index (κ2) is 8.27. The van der Waals surface area contributed by atoms with Crippen molar-refractivity contribution in [3.8, 4) is 0 Å². The smallest absolute Gasteiger partial charge is 0.339 e. The SMILES string of the molecule is O=C(c1ccc(C(F)(F)F)cc1)N1CCC(N(C2CC2)S(=O)(=O)c2ccccc2)CC1. The number of halogens is 3. The summed E-state index contributed by atoms with van der Waals surface area (Å²) in [5, 5.41) is 0. The van der Waals surface area contributed by atoms with Crippen LogP contribution in [0.5, 0.6) is 0 Å². The molecule has 0 spiro atoms. The first-order chi connectivity index (χ1) is 14.7. The Morgan fingerprint density at radius 3 is 1.94 bits per heavy atom. The third kappa shape index (κ3) is 4.62. The van der Waals surface area contributed by atoms with Gasteiger partial charge in [0.25, 0.3) is 5.91 Å². The van der Waals surface area contributed by atoms with Crippen molar-refractivity contribution >= 4 is 15.9 Å². The summed E-state index contributed by atoms with van der Waals surface area (Å²) in [6.07, 6.45) is -1.80. The van der Waals surface area contributed by atoms with E-state index in [0.717, 1.165) is 25.0 Å². The lowest BCUT2D eigenvalue weighted by molar-refractivity contribution is -0.137. The van der Waals surface area contributed by atoms with E-state index in [0.29, 0.717) is 25.9 Å². The van der Waals surface area contributed by atoms with E-state index in [1.807, 2.05) is 0 Å². The predicted octanol–water partition coefficient (Wildman–Crippen LogP) is 4.16. The van der Waals surface area contributed by atoms with Crippen molar-refractivity contribution < 1.29 is 26.4 Å². The van der Waals surface area contributed by atoms with E-state index in [1.165, 1.54) is 12.1 Å². The van der Waals surface area contributed by atoms with Gasteiger partial charge in [0.15, 0.2) is 0 Å². The normalized spacial score (nSPS) is 18.4. The molecule has 0 radical (unpaired) electrons. The Morgan fingerprint density at radius 2 is 1.42 bits per heavy atom. The molecule has 0 N–H and O–H groups in total. The summed E-state index contributed by atoms with van der Waals surface area (Å²) >= 11 is 0. The largest absolute Gasteiger partial charge is 0.416 e. The lowest BCUT2D eigenvalue weighted by Crippen LogP contribution is -2.49. The molecule has 1 saturated heterocycles. The predicted molar refractivity (Wildman–Crippen MR) is 109 cm³/mol. The van der Waals surface area contributed by atoms with E-state index < -0.39 is 21.8 Å². The second-order valence-corrected chi connectivity index (χ2v) is 9.82. The Kier molecular flexibility index (Phi) is 5.83. The molecular weight excluding hydrogens is 429 g/mol. The number of hydrogen-bond donors (Lipinski definition) is 0. The van der Waals surface area contributed by atoms with E-state index in [9.17, 15) is 26.4 Å². The molecule has 1 amide bonds. The Morgan fingerprint density at radius 1 is 0.871 bits per heavy atom. The van der Waals surface area contributed by atoms with Gasteiger partial charge in [-0.15, -0.1) is 0 Å². The first-order valence-electron chi connectivity index (χ1n) is 10.2. The molecule has 166 valence electrons. The summed E-state index contributed by atoms with van der Waals surface area (Å²) in [6, 6.07) is 12.3. The summed E-state index contributed by atoms with van der Waals surface area (Å²) in [5.41, 5.74) is -0.601. The van der Waals surface area contributed by atoms with Crippen LogP contribution in [0, 0.1) is 0 Å². The Hall–Kier alpha value is -2.39. The maximum atomic E-state index is 13.2. The maximum Gasteiger partial charge on any atom is 0.416 e. The average Bonchev–Trinajstić information content (AvgIpc) is 3.59. The average molecular weight is 452 g/mol. The number of nitrogens with zero attached hydrogens (tertiary/aromatic N) is 2. The van der Waals surface area contributed by atoms with Crippen molar-refractivity contribution in [2.75, 3.05) is 13.1 Å². The van der Waals surface area contributed by atoms with Crippen LogP contribution < -0.4 is 0 Å². The van der Waals surface area contributed by atoms with Crippen molar-refractivity contribution in [3.05, 3.63) is 65.7 Å². The number of piperidine rings is 1. The van der Waals surface area contributed by atoms with Gasteiger partial charge in [0.1, 0.15) is 0 Å². The zero-order valence-electron chi connectivity index (χ0n) is 16.8. The van der Waals surface area contributed by atoms with Crippen LogP contribution in [0.4, 0.5) is 13.2 Å². The monoisotopic (exact) mass is 452 g/mol. The fraction of sp³-hybridized carbons (Fsp3) is 0.409. The summed E-state index contributed by atoms with van der Waals surface area (Å²) in [6.45, 7) is 0.718. The number of rotatable bonds is 5.